The molecular weight excluding hydrogens is 280 g/mol. The van der Waals surface area contributed by atoms with Crippen molar-refractivity contribution in [2.75, 3.05) is 0 Å². The van der Waals surface area contributed by atoms with Crippen LogP contribution in [0.25, 0.3) is 0 Å². The van der Waals surface area contributed by atoms with Crippen LogP contribution < -0.4 is 0 Å². The molecule has 2 aliphatic carbocycles. The predicted molar refractivity (Wildman–Crippen MR) is 96.5 cm³/mol. The molecule has 1 heterocycles. The SMILES string of the molecule is C=CC1CCC(c2ccc(C3CC=C(CCC)CC3)nn2)CC1. The van der Waals surface area contributed by atoms with Crippen molar-refractivity contribution in [1.29, 1.82) is 0 Å². The maximum atomic E-state index is 4.59. The quantitative estimate of drug-likeness (QED) is 0.630. The first-order valence-electron chi connectivity index (χ1n) is 9.44. The van der Waals surface area contributed by atoms with Gasteiger partial charge in [0.25, 0.3) is 0 Å². The average molecular weight is 310 g/mol. The number of allylic oxidation sites excluding steroid dienone is 3. The summed E-state index contributed by atoms with van der Waals surface area (Å²) >= 11 is 0. The molecule has 1 aromatic heterocycles. The van der Waals surface area contributed by atoms with Gasteiger partial charge in [-0.1, -0.05) is 31.1 Å². The zero-order chi connectivity index (χ0) is 16.1. The minimum Gasteiger partial charge on any atom is -0.155 e. The van der Waals surface area contributed by atoms with Crippen molar-refractivity contribution in [3.63, 3.8) is 0 Å². The highest BCUT2D eigenvalue weighted by Crippen LogP contribution is 2.36. The van der Waals surface area contributed by atoms with Crippen molar-refractivity contribution in [2.45, 2.75) is 76.5 Å². The molecule has 0 amide bonds. The number of nitrogens with zero attached hydrogens (tertiary/aromatic N) is 2. The van der Waals surface area contributed by atoms with Crippen molar-refractivity contribution in [1.82, 2.24) is 10.2 Å². The topological polar surface area (TPSA) is 25.8 Å². The van der Waals surface area contributed by atoms with Crippen LogP contribution in [-0.2, 0) is 0 Å². The Morgan fingerprint density at radius 3 is 2.26 bits per heavy atom. The summed E-state index contributed by atoms with van der Waals surface area (Å²) in [5, 5.41) is 9.18. The molecule has 0 aromatic carbocycles. The van der Waals surface area contributed by atoms with Crippen LogP contribution in [0.3, 0.4) is 0 Å². The van der Waals surface area contributed by atoms with Gasteiger partial charge in [-0.05, 0) is 69.4 Å². The smallest absolute Gasteiger partial charge is 0.0665 e. The lowest BCUT2D eigenvalue weighted by molar-refractivity contribution is 0.369. The van der Waals surface area contributed by atoms with Crippen LogP contribution in [0.15, 0.2) is 36.4 Å². The average Bonchev–Trinajstić information content (AvgIpc) is 2.63. The molecule has 2 aliphatic rings. The van der Waals surface area contributed by atoms with Gasteiger partial charge in [-0.15, -0.1) is 6.58 Å². The second-order valence-corrected chi connectivity index (χ2v) is 7.31. The van der Waals surface area contributed by atoms with E-state index in [1.54, 1.807) is 5.57 Å². The van der Waals surface area contributed by atoms with Crippen LogP contribution in [0.2, 0.25) is 0 Å². The predicted octanol–water partition coefficient (Wildman–Crippen LogP) is 5.93. The third-order valence-electron chi connectivity index (χ3n) is 5.72. The molecule has 2 nitrogen and oxygen atoms in total. The Morgan fingerprint density at radius 2 is 1.74 bits per heavy atom. The molecule has 1 fully saturated rings. The van der Waals surface area contributed by atoms with Crippen LogP contribution in [-0.4, -0.2) is 10.2 Å². The van der Waals surface area contributed by atoms with Gasteiger partial charge in [-0.2, -0.15) is 10.2 Å². The van der Waals surface area contributed by atoms with Gasteiger partial charge in [0.2, 0.25) is 0 Å². The van der Waals surface area contributed by atoms with Gasteiger partial charge in [0, 0.05) is 11.8 Å². The number of rotatable bonds is 5. The van der Waals surface area contributed by atoms with Crippen molar-refractivity contribution in [3.8, 4) is 0 Å². The largest absolute Gasteiger partial charge is 0.155 e. The summed E-state index contributed by atoms with van der Waals surface area (Å²) in [7, 11) is 0. The summed E-state index contributed by atoms with van der Waals surface area (Å²) in [6.45, 7) is 6.19. The summed E-state index contributed by atoms with van der Waals surface area (Å²) in [4.78, 5) is 0. The Labute approximate surface area is 141 Å². The Kier molecular flexibility index (Phi) is 5.64. The monoisotopic (exact) mass is 310 g/mol. The van der Waals surface area contributed by atoms with Gasteiger partial charge in [0.15, 0.2) is 0 Å². The van der Waals surface area contributed by atoms with Crippen molar-refractivity contribution < 1.29 is 0 Å². The number of hydrogen-bond acceptors (Lipinski definition) is 2. The van der Waals surface area contributed by atoms with E-state index in [9.17, 15) is 0 Å². The van der Waals surface area contributed by atoms with E-state index in [2.05, 4.69) is 48.0 Å². The minimum absolute atomic E-state index is 0.577. The molecule has 1 atom stereocenters. The van der Waals surface area contributed by atoms with E-state index in [1.807, 2.05) is 0 Å². The first kappa shape index (κ1) is 16.4. The molecule has 0 saturated heterocycles. The Morgan fingerprint density at radius 1 is 1.04 bits per heavy atom. The summed E-state index contributed by atoms with van der Waals surface area (Å²) in [6.07, 6.45) is 15.7. The van der Waals surface area contributed by atoms with Gasteiger partial charge < -0.3 is 0 Å². The molecule has 0 radical (unpaired) electrons. The molecule has 0 bridgehead atoms. The first-order valence-corrected chi connectivity index (χ1v) is 9.44. The van der Waals surface area contributed by atoms with E-state index >= 15 is 0 Å². The van der Waals surface area contributed by atoms with Crippen LogP contribution in [0, 0.1) is 5.92 Å². The van der Waals surface area contributed by atoms with E-state index in [1.165, 1.54) is 62.8 Å². The Bertz CT molecular complexity index is 535. The molecule has 124 valence electrons. The Balaban J connectivity index is 1.59. The van der Waals surface area contributed by atoms with Gasteiger partial charge in [-0.25, -0.2) is 0 Å². The molecule has 3 rings (SSSR count). The molecule has 2 heteroatoms. The van der Waals surface area contributed by atoms with Crippen LogP contribution >= 0.6 is 0 Å². The summed E-state index contributed by atoms with van der Waals surface area (Å²) < 4.78 is 0. The minimum atomic E-state index is 0.577. The lowest BCUT2D eigenvalue weighted by Crippen LogP contribution is -2.14. The molecule has 0 spiro atoms. The highest BCUT2D eigenvalue weighted by Gasteiger charge is 2.23. The van der Waals surface area contributed by atoms with Gasteiger partial charge in [0.05, 0.1) is 11.4 Å². The maximum Gasteiger partial charge on any atom is 0.0665 e. The summed E-state index contributed by atoms with van der Waals surface area (Å²) in [5.74, 6) is 1.90. The maximum absolute atomic E-state index is 4.59. The Hall–Kier alpha value is -1.44. The zero-order valence-corrected chi connectivity index (χ0v) is 14.5. The lowest BCUT2D eigenvalue weighted by Gasteiger charge is -2.26. The van der Waals surface area contributed by atoms with Crippen molar-refractivity contribution in [3.05, 3.63) is 47.8 Å². The van der Waals surface area contributed by atoms with Crippen molar-refractivity contribution >= 4 is 0 Å². The van der Waals surface area contributed by atoms with Crippen LogP contribution in [0.5, 0.6) is 0 Å². The molecule has 0 N–H and O–H groups in total. The van der Waals surface area contributed by atoms with Gasteiger partial charge in [-0.3, -0.25) is 0 Å². The molecule has 1 aromatic rings. The number of hydrogen-bond donors (Lipinski definition) is 0. The van der Waals surface area contributed by atoms with Crippen molar-refractivity contribution in [2.24, 2.45) is 5.92 Å². The van der Waals surface area contributed by atoms with E-state index in [0.29, 0.717) is 17.8 Å². The third kappa shape index (κ3) is 4.10. The van der Waals surface area contributed by atoms with Crippen LogP contribution in [0.1, 0.15) is 87.9 Å². The fourth-order valence-corrected chi connectivity index (χ4v) is 4.14. The van der Waals surface area contributed by atoms with Crippen LogP contribution in [0.4, 0.5) is 0 Å². The fourth-order valence-electron chi connectivity index (χ4n) is 4.14. The summed E-state index contributed by atoms with van der Waals surface area (Å²) in [5.41, 5.74) is 4.04. The highest BCUT2D eigenvalue weighted by atomic mass is 15.1. The van der Waals surface area contributed by atoms with E-state index < -0.39 is 0 Å². The first-order chi connectivity index (χ1) is 11.3. The molecular formula is C21H30N2. The summed E-state index contributed by atoms with van der Waals surface area (Å²) in [6, 6.07) is 4.48. The molecule has 23 heavy (non-hydrogen) atoms. The fraction of sp³-hybridized carbons (Fsp3) is 0.619. The standard InChI is InChI=1S/C21H30N2/c1-3-5-17-8-12-19(13-9-17)21-15-14-20(22-23-21)18-10-6-16(4-2)7-11-18/h4,8,14-16,18-19H,2-3,5-7,9-13H2,1H3. The second kappa shape index (κ2) is 7.90. The molecule has 1 unspecified atom stereocenters. The second-order valence-electron chi connectivity index (χ2n) is 7.31. The third-order valence-corrected chi connectivity index (χ3v) is 5.72. The molecule has 0 aliphatic heterocycles. The van der Waals surface area contributed by atoms with E-state index in [4.69, 9.17) is 0 Å². The van der Waals surface area contributed by atoms with Gasteiger partial charge in [0.1, 0.15) is 0 Å². The van der Waals surface area contributed by atoms with E-state index in [0.717, 1.165) is 6.42 Å². The lowest BCUT2D eigenvalue weighted by atomic mass is 9.80. The highest BCUT2D eigenvalue weighted by molar-refractivity contribution is 5.19. The zero-order valence-electron chi connectivity index (χ0n) is 14.5. The number of aromatic nitrogens is 2. The normalized spacial score (nSPS) is 28.2. The molecule has 1 saturated carbocycles. The van der Waals surface area contributed by atoms with E-state index in [-0.39, 0.29) is 0 Å². The van der Waals surface area contributed by atoms with Gasteiger partial charge >= 0.3 is 0 Å².